The van der Waals surface area contributed by atoms with Crippen LogP contribution in [-0.2, 0) is 6.18 Å². The van der Waals surface area contributed by atoms with Crippen molar-refractivity contribution in [3.8, 4) is 22.8 Å². The first kappa shape index (κ1) is 15.0. The van der Waals surface area contributed by atoms with Crippen LogP contribution >= 0.6 is 0 Å². The van der Waals surface area contributed by atoms with Gasteiger partial charge < -0.3 is 4.74 Å². The number of benzene rings is 2. The van der Waals surface area contributed by atoms with E-state index in [0.717, 1.165) is 12.1 Å². The Kier molecular flexibility index (Phi) is 3.73. The van der Waals surface area contributed by atoms with E-state index in [1.165, 1.54) is 16.8 Å². The Balaban J connectivity index is 2.04. The van der Waals surface area contributed by atoms with E-state index >= 15 is 0 Å². The molecule has 0 spiro atoms. The van der Waals surface area contributed by atoms with Crippen LogP contribution in [0.5, 0.6) is 5.75 Å². The zero-order chi connectivity index (χ0) is 16.4. The highest BCUT2D eigenvalue weighted by molar-refractivity contribution is 5.58. The zero-order valence-corrected chi connectivity index (χ0v) is 11.9. The highest BCUT2D eigenvalue weighted by Crippen LogP contribution is 2.31. The molecule has 1 aromatic heterocycles. The van der Waals surface area contributed by atoms with Crippen molar-refractivity contribution in [1.29, 1.82) is 0 Å². The molecular formula is C15H11F3N4O. The summed E-state index contributed by atoms with van der Waals surface area (Å²) in [5.41, 5.74) is 0.134. The molecule has 118 valence electrons. The van der Waals surface area contributed by atoms with Gasteiger partial charge in [0.05, 0.1) is 18.4 Å². The van der Waals surface area contributed by atoms with Gasteiger partial charge in [-0.1, -0.05) is 6.07 Å². The molecule has 1 heterocycles. The van der Waals surface area contributed by atoms with Crippen molar-refractivity contribution >= 4 is 0 Å². The number of hydrogen-bond acceptors (Lipinski definition) is 4. The van der Waals surface area contributed by atoms with Gasteiger partial charge in [-0.3, -0.25) is 0 Å². The molecule has 0 aliphatic carbocycles. The third-order valence-electron chi connectivity index (χ3n) is 3.24. The van der Waals surface area contributed by atoms with Crippen molar-refractivity contribution in [2.75, 3.05) is 7.11 Å². The summed E-state index contributed by atoms with van der Waals surface area (Å²) in [6.07, 6.45) is -4.43. The van der Waals surface area contributed by atoms with Gasteiger partial charge in [0.15, 0.2) is 5.82 Å². The number of aromatic nitrogens is 4. The molecule has 23 heavy (non-hydrogen) atoms. The Morgan fingerprint density at radius 3 is 2.43 bits per heavy atom. The molecule has 2 aromatic carbocycles. The standard InChI is InChI=1S/C15H11F3N4O/c1-23-13-7-5-10(6-8-13)14-19-20-21-22(14)12-4-2-3-11(9-12)15(16,17)18/h2-9H,1H3. The SMILES string of the molecule is COc1ccc(-c2nnnn2-c2cccc(C(F)(F)F)c2)cc1. The fourth-order valence-electron chi connectivity index (χ4n) is 2.10. The Morgan fingerprint density at radius 1 is 1.04 bits per heavy atom. The summed E-state index contributed by atoms with van der Waals surface area (Å²) in [6, 6.07) is 11.7. The van der Waals surface area contributed by atoms with Crippen LogP contribution < -0.4 is 4.74 Å². The van der Waals surface area contributed by atoms with Crippen LogP contribution in [0, 0.1) is 0 Å². The molecule has 0 atom stereocenters. The summed E-state index contributed by atoms with van der Waals surface area (Å²) in [7, 11) is 1.54. The highest BCUT2D eigenvalue weighted by Gasteiger charge is 2.30. The Labute approximate surface area is 129 Å². The van der Waals surface area contributed by atoms with Crippen LogP contribution in [0.15, 0.2) is 48.5 Å². The van der Waals surface area contributed by atoms with E-state index in [-0.39, 0.29) is 5.69 Å². The lowest BCUT2D eigenvalue weighted by atomic mass is 10.1. The molecule has 0 aliphatic heterocycles. The molecule has 0 radical (unpaired) electrons. The molecule has 0 bridgehead atoms. The predicted molar refractivity (Wildman–Crippen MR) is 76.1 cm³/mol. The lowest BCUT2D eigenvalue weighted by molar-refractivity contribution is -0.137. The Hall–Kier alpha value is -2.90. The maximum absolute atomic E-state index is 12.8. The second-order valence-corrected chi connectivity index (χ2v) is 4.69. The molecule has 0 aliphatic rings. The summed E-state index contributed by atoms with van der Waals surface area (Å²) in [4.78, 5) is 0. The number of tetrazole rings is 1. The third kappa shape index (κ3) is 3.01. The largest absolute Gasteiger partial charge is 0.497 e. The number of halogens is 3. The van der Waals surface area contributed by atoms with E-state index in [2.05, 4.69) is 15.5 Å². The number of rotatable bonds is 3. The first-order valence-corrected chi connectivity index (χ1v) is 6.59. The van der Waals surface area contributed by atoms with Crippen molar-refractivity contribution in [3.05, 3.63) is 54.1 Å². The van der Waals surface area contributed by atoms with Crippen LogP contribution in [-0.4, -0.2) is 27.3 Å². The van der Waals surface area contributed by atoms with Crippen molar-refractivity contribution in [1.82, 2.24) is 20.2 Å². The average molecular weight is 320 g/mol. The van der Waals surface area contributed by atoms with Gasteiger partial charge in [-0.25, -0.2) is 0 Å². The summed E-state index contributed by atoms with van der Waals surface area (Å²) < 4.78 is 44.9. The quantitative estimate of drug-likeness (QED) is 0.742. The van der Waals surface area contributed by atoms with Gasteiger partial charge in [0.2, 0.25) is 0 Å². The molecule has 8 heteroatoms. The number of methoxy groups -OCH3 is 1. The van der Waals surface area contributed by atoms with E-state index in [1.54, 1.807) is 31.4 Å². The minimum atomic E-state index is -4.43. The fraction of sp³-hybridized carbons (Fsp3) is 0.133. The third-order valence-corrected chi connectivity index (χ3v) is 3.24. The normalized spacial score (nSPS) is 11.5. The van der Waals surface area contributed by atoms with Gasteiger partial charge >= 0.3 is 6.18 Å². The maximum atomic E-state index is 12.8. The molecule has 0 saturated carbocycles. The summed E-state index contributed by atoms with van der Waals surface area (Å²) >= 11 is 0. The second-order valence-electron chi connectivity index (χ2n) is 4.69. The van der Waals surface area contributed by atoms with Gasteiger partial charge in [-0.05, 0) is 52.9 Å². The average Bonchev–Trinajstić information content (AvgIpc) is 3.04. The number of nitrogens with zero attached hydrogens (tertiary/aromatic N) is 4. The van der Waals surface area contributed by atoms with Crippen molar-refractivity contribution in [2.45, 2.75) is 6.18 Å². The molecular weight excluding hydrogens is 309 g/mol. The van der Waals surface area contributed by atoms with Gasteiger partial charge in [0, 0.05) is 5.56 Å². The van der Waals surface area contributed by atoms with Crippen LogP contribution in [0.2, 0.25) is 0 Å². The lowest BCUT2D eigenvalue weighted by Crippen LogP contribution is -2.07. The van der Waals surface area contributed by atoms with E-state index in [4.69, 9.17) is 4.74 Å². The molecule has 3 rings (SSSR count). The molecule has 0 N–H and O–H groups in total. The minimum Gasteiger partial charge on any atom is -0.497 e. The van der Waals surface area contributed by atoms with Gasteiger partial charge in [-0.15, -0.1) is 5.10 Å². The van der Waals surface area contributed by atoms with E-state index in [0.29, 0.717) is 17.1 Å². The molecule has 0 unspecified atom stereocenters. The number of alkyl halides is 3. The van der Waals surface area contributed by atoms with E-state index < -0.39 is 11.7 Å². The molecule has 3 aromatic rings. The van der Waals surface area contributed by atoms with Crippen LogP contribution in [0.4, 0.5) is 13.2 Å². The van der Waals surface area contributed by atoms with Crippen LogP contribution in [0.1, 0.15) is 5.56 Å². The monoisotopic (exact) mass is 320 g/mol. The first-order chi connectivity index (χ1) is 11.0. The van der Waals surface area contributed by atoms with Crippen LogP contribution in [0.25, 0.3) is 17.1 Å². The molecule has 0 amide bonds. The van der Waals surface area contributed by atoms with Gasteiger partial charge in [-0.2, -0.15) is 17.9 Å². The maximum Gasteiger partial charge on any atom is 0.416 e. The zero-order valence-electron chi connectivity index (χ0n) is 11.9. The summed E-state index contributed by atoms with van der Waals surface area (Å²) in [5.74, 6) is 0.999. The molecule has 0 fully saturated rings. The summed E-state index contributed by atoms with van der Waals surface area (Å²) in [6.45, 7) is 0. The fourth-order valence-corrected chi connectivity index (χ4v) is 2.10. The first-order valence-electron chi connectivity index (χ1n) is 6.59. The minimum absolute atomic E-state index is 0.232. The van der Waals surface area contributed by atoms with Crippen molar-refractivity contribution in [3.63, 3.8) is 0 Å². The predicted octanol–water partition coefficient (Wildman–Crippen LogP) is 3.36. The Morgan fingerprint density at radius 2 is 1.78 bits per heavy atom. The summed E-state index contributed by atoms with van der Waals surface area (Å²) in [5, 5.41) is 11.2. The van der Waals surface area contributed by atoms with Crippen molar-refractivity contribution in [2.24, 2.45) is 0 Å². The topological polar surface area (TPSA) is 52.8 Å². The van der Waals surface area contributed by atoms with Crippen molar-refractivity contribution < 1.29 is 17.9 Å². The van der Waals surface area contributed by atoms with Gasteiger partial charge in [0.25, 0.3) is 0 Å². The molecule has 0 saturated heterocycles. The smallest absolute Gasteiger partial charge is 0.416 e. The molecule has 5 nitrogen and oxygen atoms in total. The number of ether oxygens (including phenoxy) is 1. The highest BCUT2D eigenvalue weighted by atomic mass is 19.4. The number of hydrogen-bond donors (Lipinski definition) is 0. The second kappa shape index (κ2) is 5.71. The van der Waals surface area contributed by atoms with E-state index in [9.17, 15) is 13.2 Å². The van der Waals surface area contributed by atoms with Crippen LogP contribution in [0.3, 0.4) is 0 Å². The van der Waals surface area contributed by atoms with Gasteiger partial charge in [0.1, 0.15) is 5.75 Å². The van der Waals surface area contributed by atoms with E-state index in [1.807, 2.05) is 0 Å². The Bertz CT molecular complexity index is 812. The lowest BCUT2D eigenvalue weighted by Gasteiger charge is -2.09.